The fourth-order valence-corrected chi connectivity index (χ4v) is 1.33. The average Bonchev–Trinajstić information content (AvgIpc) is 2.82. The molecule has 0 aliphatic rings. The Morgan fingerprint density at radius 1 is 1.47 bits per heavy atom. The maximum Gasteiger partial charge on any atom is 0.328 e. The molecule has 2 heterocycles. The Labute approximate surface area is 96.0 Å². The fourth-order valence-electron chi connectivity index (χ4n) is 1.33. The second-order valence-electron chi connectivity index (χ2n) is 3.46. The summed E-state index contributed by atoms with van der Waals surface area (Å²) in [6, 6.07) is 1.78. The third-order valence-corrected chi connectivity index (χ3v) is 2.30. The molecule has 0 aromatic carbocycles. The van der Waals surface area contributed by atoms with Crippen LogP contribution in [0.1, 0.15) is 13.0 Å². The van der Waals surface area contributed by atoms with Crippen LogP contribution in [0.4, 0.5) is 0 Å². The quantitative estimate of drug-likeness (QED) is 0.811. The van der Waals surface area contributed by atoms with Crippen LogP contribution in [0, 0.1) is 0 Å². The van der Waals surface area contributed by atoms with Crippen molar-refractivity contribution < 1.29 is 9.90 Å². The van der Waals surface area contributed by atoms with E-state index in [2.05, 4.69) is 10.1 Å². The molecule has 17 heavy (non-hydrogen) atoms. The smallest absolute Gasteiger partial charge is 0.328 e. The third kappa shape index (κ3) is 2.07. The van der Waals surface area contributed by atoms with Crippen LogP contribution < -0.4 is 5.56 Å². The van der Waals surface area contributed by atoms with E-state index in [0.29, 0.717) is 5.82 Å². The van der Waals surface area contributed by atoms with Gasteiger partial charge in [0.2, 0.25) is 0 Å². The largest absolute Gasteiger partial charge is 0.480 e. The molecular weight excluding hydrogens is 224 g/mol. The minimum absolute atomic E-state index is 0.440. The van der Waals surface area contributed by atoms with E-state index < -0.39 is 17.6 Å². The van der Waals surface area contributed by atoms with Crippen LogP contribution in [0.15, 0.2) is 35.6 Å². The van der Waals surface area contributed by atoms with Crippen LogP contribution in [0.25, 0.3) is 5.82 Å². The molecule has 2 aromatic heterocycles. The highest BCUT2D eigenvalue weighted by Crippen LogP contribution is 2.04. The van der Waals surface area contributed by atoms with Gasteiger partial charge in [0.05, 0.1) is 0 Å². The van der Waals surface area contributed by atoms with Crippen molar-refractivity contribution in [1.29, 1.82) is 0 Å². The number of aromatic nitrogens is 4. The van der Waals surface area contributed by atoms with Crippen molar-refractivity contribution in [3.05, 3.63) is 41.2 Å². The summed E-state index contributed by atoms with van der Waals surface area (Å²) in [5.74, 6) is -0.669. The van der Waals surface area contributed by atoms with Gasteiger partial charge in [-0.1, -0.05) is 0 Å². The van der Waals surface area contributed by atoms with Gasteiger partial charge in [-0.15, -0.1) is 0 Å². The van der Waals surface area contributed by atoms with E-state index in [9.17, 15) is 9.59 Å². The summed E-state index contributed by atoms with van der Waals surface area (Å²) in [5.41, 5.74) is -0.455. The Kier molecular flexibility index (Phi) is 2.73. The number of carboxylic acid groups (broad SMARTS) is 1. The molecule has 0 unspecified atom stereocenters. The van der Waals surface area contributed by atoms with Gasteiger partial charge in [-0.25, -0.2) is 14.5 Å². The van der Waals surface area contributed by atoms with E-state index >= 15 is 0 Å². The Hall–Kier alpha value is -2.44. The minimum atomic E-state index is -1.11. The molecule has 7 nitrogen and oxygen atoms in total. The van der Waals surface area contributed by atoms with Gasteiger partial charge < -0.3 is 5.11 Å². The molecule has 0 radical (unpaired) electrons. The van der Waals surface area contributed by atoms with E-state index in [1.165, 1.54) is 25.4 Å². The average molecular weight is 234 g/mol. The van der Waals surface area contributed by atoms with Crippen molar-refractivity contribution in [3.63, 3.8) is 0 Å². The van der Waals surface area contributed by atoms with Crippen LogP contribution in [0.3, 0.4) is 0 Å². The standard InChI is InChI=1S/C10H10N4O3/c1-7(10(16)17)14-9(15)3-2-8(12-14)13-5-4-11-6-13/h2-7H,1H3,(H,16,17)/t7-/m1/s1. The van der Waals surface area contributed by atoms with Crippen LogP contribution >= 0.6 is 0 Å². The maximum atomic E-state index is 11.5. The monoisotopic (exact) mass is 234 g/mol. The number of imidazole rings is 1. The van der Waals surface area contributed by atoms with E-state index in [1.807, 2.05) is 0 Å². The number of nitrogens with zero attached hydrogens (tertiary/aromatic N) is 4. The van der Waals surface area contributed by atoms with Gasteiger partial charge in [0.1, 0.15) is 6.33 Å². The zero-order valence-electron chi connectivity index (χ0n) is 9.02. The van der Waals surface area contributed by atoms with Crippen LogP contribution in [-0.4, -0.2) is 30.4 Å². The van der Waals surface area contributed by atoms with Crippen molar-refractivity contribution >= 4 is 5.97 Å². The molecule has 1 N–H and O–H groups in total. The summed E-state index contributed by atoms with van der Waals surface area (Å²) in [7, 11) is 0. The number of rotatable bonds is 3. The van der Waals surface area contributed by atoms with Gasteiger partial charge in [0.25, 0.3) is 5.56 Å². The molecule has 7 heteroatoms. The normalized spacial score (nSPS) is 12.3. The first-order chi connectivity index (χ1) is 8.09. The lowest BCUT2D eigenvalue weighted by molar-refractivity contribution is -0.140. The highest BCUT2D eigenvalue weighted by molar-refractivity contribution is 5.71. The molecule has 0 amide bonds. The minimum Gasteiger partial charge on any atom is -0.480 e. The van der Waals surface area contributed by atoms with Crippen LogP contribution in [0.2, 0.25) is 0 Å². The Bertz CT molecular complexity index is 588. The highest BCUT2D eigenvalue weighted by atomic mass is 16.4. The molecule has 0 bridgehead atoms. The number of hydrogen-bond acceptors (Lipinski definition) is 4. The number of carboxylic acids is 1. The molecule has 0 saturated heterocycles. The predicted molar refractivity (Wildman–Crippen MR) is 58.0 cm³/mol. The first kappa shape index (κ1) is 11.1. The molecule has 1 atom stereocenters. The third-order valence-electron chi connectivity index (χ3n) is 2.30. The van der Waals surface area contributed by atoms with Gasteiger partial charge in [-0.2, -0.15) is 5.10 Å². The van der Waals surface area contributed by atoms with Crippen molar-refractivity contribution in [2.45, 2.75) is 13.0 Å². The van der Waals surface area contributed by atoms with Gasteiger partial charge in [0.15, 0.2) is 11.9 Å². The lowest BCUT2D eigenvalue weighted by Crippen LogP contribution is -2.30. The maximum absolute atomic E-state index is 11.5. The van der Waals surface area contributed by atoms with E-state index in [4.69, 9.17) is 5.11 Å². The SMILES string of the molecule is C[C@H](C(=O)O)n1nc(-n2ccnc2)ccc1=O. The first-order valence-electron chi connectivity index (χ1n) is 4.90. The number of aliphatic carboxylic acids is 1. The molecule has 0 aliphatic carbocycles. The summed E-state index contributed by atoms with van der Waals surface area (Å²) >= 11 is 0. The lowest BCUT2D eigenvalue weighted by atomic mass is 10.3. The molecular formula is C10H10N4O3. The summed E-state index contributed by atoms with van der Waals surface area (Å²) in [6.45, 7) is 1.40. The Balaban J connectivity index is 2.50. The van der Waals surface area contributed by atoms with Gasteiger partial charge in [-0.05, 0) is 13.0 Å². The summed E-state index contributed by atoms with van der Waals surface area (Å²) in [5, 5.41) is 12.8. The topological polar surface area (TPSA) is 90.0 Å². The fraction of sp³-hybridized carbons (Fsp3) is 0.200. The van der Waals surface area contributed by atoms with Crippen molar-refractivity contribution in [1.82, 2.24) is 19.3 Å². The molecule has 2 rings (SSSR count). The van der Waals surface area contributed by atoms with Crippen molar-refractivity contribution in [2.75, 3.05) is 0 Å². The predicted octanol–water partition coefficient (Wildman–Crippen LogP) is 0.0746. The van der Waals surface area contributed by atoms with Gasteiger partial charge >= 0.3 is 5.97 Å². The van der Waals surface area contributed by atoms with E-state index in [-0.39, 0.29) is 0 Å². The molecule has 0 fully saturated rings. The number of hydrogen-bond donors (Lipinski definition) is 1. The van der Waals surface area contributed by atoms with Crippen LogP contribution in [0.5, 0.6) is 0 Å². The van der Waals surface area contributed by atoms with Gasteiger partial charge in [-0.3, -0.25) is 9.36 Å². The molecule has 0 spiro atoms. The second kappa shape index (κ2) is 4.20. The zero-order valence-corrected chi connectivity index (χ0v) is 9.02. The van der Waals surface area contributed by atoms with Crippen molar-refractivity contribution in [3.8, 4) is 5.82 Å². The second-order valence-corrected chi connectivity index (χ2v) is 3.46. The molecule has 0 saturated carbocycles. The lowest BCUT2D eigenvalue weighted by Gasteiger charge is -2.10. The first-order valence-corrected chi connectivity index (χ1v) is 4.90. The molecule has 2 aromatic rings. The number of carbonyl (C=O) groups is 1. The Morgan fingerprint density at radius 3 is 2.82 bits per heavy atom. The summed E-state index contributed by atoms with van der Waals surface area (Å²) in [4.78, 5) is 26.2. The summed E-state index contributed by atoms with van der Waals surface area (Å²) < 4.78 is 2.52. The Morgan fingerprint density at radius 2 is 2.24 bits per heavy atom. The zero-order chi connectivity index (χ0) is 12.4. The van der Waals surface area contributed by atoms with E-state index in [0.717, 1.165) is 4.68 Å². The van der Waals surface area contributed by atoms with Crippen LogP contribution in [-0.2, 0) is 4.79 Å². The highest BCUT2D eigenvalue weighted by Gasteiger charge is 2.16. The van der Waals surface area contributed by atoms with Crippen molar-refractivity contribution in [2.24, 2.45) is 0 Å². The van der Waals surface area contributed by atoms with Gasteiger partial charge in [0, 0.05) is 18.5 Å². The molecule has 88 valence electrons. The van der Waals surface area contributed by atoms with E-state index in [1.54, 1.807) is 17.0 Å². The summed E-state index contributed by atoms with van der Waals surface area (Å²) in [6.07, 6.45) is 4.74. The molecule has 0 aliphatic heterocycles.